The third-order valence-corrected chi connectivity index (χ3v) is 2.87. The smallest absolute Gasteiger partial charge is 0.143 e. The van der Waals surface area contributed by atoms with Crippen molar-refractivity contribution >= 4 is 5.69 Å². The molecule has 0 fully saturated rings. The van der Waals surface area contributed by atoms with E-state index in [1.807, 2.05) is 13.0 Å². The number of halogens is 1. The van der Waals surface area contributed by atoms with Crippen molar-refractivity contribution in [1.29, 1.82) is 5.26 Å². The fourth-order valence-corrected chi connectivity index (χ4v) is 2.15. The standard InChI is InChI=1S/C14H20FN3/c1-10(2)7-14(3,9-17)18-13-6-4-5-12(15)11(13)8-16/h4-6,10,18H,7,9,17H2,1-3H3. The van der Waals surface area contributed by atoms with Crippen LogP contribution >= 0.6 is 0 Å². The van der Waals surface area contributed by atoms with E-state index in [2.05, 4.69) is 19.2 Å². The average Bonchev–Trinajstić information content (AvgIpc) is 2.28. The van der Waals surface area contributed by atoms with E-state index in [0.717, 1.165) is 6.42 Å². The summed E-state index contributed by atoms with van der Waals surface area (Å²) in [6.07, 6.45) is 0.852. The van der Waals surface area contributed by atoms with Crippen molar-refractivity contribution < 1.29 is 4.39 Å². The van der Waals surface area contributed by atoms with Crippen molar-refractivity contribution in [2.24, 2.45) is 11.7 Å². The summed E-state index contributed by atoms with van der Waals surface area (Å²) in [5, 5.41) is 12.2. The number of nitrogens with two attached hydrogens (primary N) is 1. The van der Waals surface area contributed by atoms with Gasteiger partial charge in [-0.25, -0.2) is 4.39 Å². The summed E-state index contributed by atoms with van der Waals surface area (Å²) in [5.41, 5.74) is 6.00. The van der Waals surface area contributed by atoms with Crippen molar-refractivity contribution in [2.75, 3.05) is 11.9 Å². The second-order valence-electron chi connectivity index (χ2n) is 5.26. The molecular formula is C14H20FN3. The minimum Gasteiger partial charge on any atom is -0.377 e. The highest BCUT2D eigenvalue weighted by Gasteiger charge is 2.25. The lowest BCUT2D eigenvalue weighted by Gasteiger charge is -2.32. The molecule has 0 bridgehead atoms. The van der Waals surface area contributed by atoms with Crippen LogP contribution in [0.1, 0.15) is 32.8 Å². The Morgan fingerprint density at radius 3 is 2.67 bits per heavy atom. The van der Waals surface area contributed by atoms with Gasteiger partial charge >= 0.3 is 0 Å². The molecule has 1 atom stereocenters. The molecule has 3 nitrogen and oxygen atoms in total. The van der Waals surface area contributed by atoms with E-state index < -0.39 is 5.82 Å². The van der Waals surface area contributed by atoms with Gasteiger partial charge in [0, 0.05) is 12.1 Å². The maximum atomic E-state index is 13.5. The lowest BCUT2D eigenvalue weighted by atomic mass is 9.90. The summed E-state index contributed by atoms with van der Waals surface area (Å²) in [5.74, 6) is -0.0448. The SMILES string of the molecule is CC(C)CC(C)(CN)Nc1cccc(F)c1C#N. The number of rotatable bonds is 5. The molecule has 0 radical (unpaired) electrons. The maximum Gasteiger partial charge on any atom is 0.143 e. The molecule has 0 saturated heterocycles. The number of hydrogen-bond donors (Lipinski definition) is 2. The number of nitriles is 1. The molecule has 0 aromatic heterocycles. The van der Waals surface area contributed by atoms with E-state index in [-0.39, 0.29) is 11.1 Å². The monoisotopic (exact) mass is 249 g/mol. The average molecular weight is 249 g/mol. The molecule has 98 valence electrons. The van der Waals surface area contributed by atoms with E-state index in [9.17, 15) is 4.39 Å². The Hall–Kier alpha value is -1.60. The summed E-state index contributed by atoms with van der Waals surface area (Å²) in [4.78, 5) is 0. The van der Waals surface area contributed by atoms with Gasteiger partial charge in [0.1, 0.15) is 17.4 Å². The zero-order valence-corrected chi connectivity index (χ0v) is 11.1. The van der Waals surface area contributed by atoms with Crippen LogP contribution in [0.5, 0.6) is 0 Å². The Labute approximate surface area is 108 Å². The van der Waals surface area contributed by atoms with Gasteiger partial charge in [0.25, 0.3) is 0 Å². The number of nitrogens with one attached hydrogen (secondary N) is 1. The highest BCUT2D eigenvalue weighted by atomic mass is 19.1. The molecule has 3 N–H and O–H groups in total. The molecule has 1 unspecified atom stereocenters. The Kier molecular flexibility index (Phi) is 4.69. The van der Waals surface area contributed by atoms with Gasteiger partial charge in [-0.05, 0) is 31.4 Å². The molecule has 0 saturated carbocycles. The van der Waals surface area contributed by atoms with Gasteiger partial charge in [-0.1, -0.05) is 19.9 Å². The minimum atomic E-state index is -0.508. The normalized spacial score (nSPS) is 14.1. The van der Waals surface area contributed by atoms with Gasteiger partial charge < -0.3 is 11.1 Å². The van der Waals surface area contributed by atoms with Crippen LogP contribution in [0, 0.1) is 23.1 Å². The zero-order chi connectivity index (χ0) is 13.8. The van der Waals surface area contributed by atoms with Crippen LogP contribution in [0.25, 0.3) is 0 Å². The van der Waals surface area contributed by atoms with Crippen molar-refractivity contribution in [3.63, 3.8) is 0 Å². The van der Waals surface area contributed by atoms with E-state index >= 15 is 0 Å². The third-order valence-electron chi connectivity index (χ3n) is 2.87. The zero-order valence-electron chi connectivity index (χ0n) is 11.1. The van der Waals surface area contributed by atoms with Crippen molar-refractivity contribution in [2.45, 2.75) is 32.7 Å². The largest absolute Gasteiger partial charge is 0.377 e. The van der Waals surface area contributed by atoms with Gasteiger partial charge in [0.15, 0.2) is 0 Å². The topological polar surface area (TPSA) is 61.8 Å². The quantitative estimate of drug-likeness (QED) is 0.843. The van der Waals surface area contributed by atoms with Gasteiger partial charge in [0.05, 0.1) is 5.69 Å². The Morgan fingerprint density at radius 1 is 1.50 bits per heavy atom. The van der Waals surface area contributed by atoms with Crippen molar-refractivity contribution in [3.05, 3.63) is 29.6 Å². The fourth-order valence-electron chi connectivity index (χ4n) is 2.15. The summed E-state index contributed by atoms with van der Waals surface area (Å²) in [6, 6.07) is 6.46. The Bertz CT molecular complexity index is 451. The van der Waals surface area contributed by atoms with Crippen molar-refractivity contribution in [3.8, 4) is 6.07 Å². The highest BCUT2D eigenvalue weighted by Crippen LogP contribution is 2.25. The molecule has 0 heterocycles. The van der Waals surface area contributed by atoms with Gasteiger partial charge in [-0.2, -0.15) is 5.26 Å². The second-order valence-corrected chi connectivity index (χ2v) is 5.26. The van der Waals surface area contributed by atoms with Crippen LogP contribution in [0.15, 0.2) is 18.2 Å². The molecule has 18 heavy (non-hydrogen) atoms. The molecule has 0 amide bonds. The van der Waals surface area contributed by atoms with Crippen LogP contribution in [-0.2, 0) is 0 Å². The first-order valence-electron chi connectivity index (χ1n) is 6.08. The van der Waals surface area contributed by atoms with Crippen molar-refractivity contribution in [1.82, 2.24) is 0 Å². The van der Waals surface area contributed by atoms with Gasteiger partial charge in [-0.15, -0.1) is 0 Å². The van der Waals surface area contributed by atoms with Crippen LogP contribution in [0.3, 0.4) is 0 Å². The number of nitrogens with zero attached hydrogens (tertiary/aromatic N) is 1. The summed E-state index contributed by atoms with van der Waals surface area (Å²) >= 11 is 0. The first kappa shape index (κ1) is 14.5. The summed E-state index contributed by atoms with van der Waals surface area (Å²) < 4.78 is 13.5. The van der Waals surface area contributed by atoms with Crippen LogP contribution in [0.4, 0.5) is 10.1 Å². The Morgan fingerprint density at radius 2 is 2.17 bits per heavy atom. The third kappa shape index (κ3) is 3.44. The summed E-state index contributed by atoms with van der Waals surface area (Å²) in [7, 11) is 0. The molecular weight excluding hydrogens is 229 g/mol. The number of benzene rings is 1. The molecule has 1 aromatic carbocycles. The molecule has 1 rings (SSSR count). The predicted octanol–water partition coefficient (Wildman–Crippen LogP) is 2.87. The van der Waals surface area contributed by atoms with Gasteiger partial charge in [0.2, 0.25) is 0 Å². The van der Waals surface area contributed by atoms with E-state index in [1.54, 1.807) is 12.1 Å². The minimum absolute atomic E-state index is 0.0425. The molecule has 4 heteroatoms. The molecule has 0 aliphatic rings. The molecule has 0 aliphatic heterocycles. The van der Waals surface area contributed by atoms with E-state index in [0.29, 0.717) is 18.2 Å². The van der Waals surface area contributed by atoms with Crippen LogP contribution < -0.4 is 11.1 Å². The summed E-state index contributed by atoms with van der Waals surface area (Å²) in [6.45, 7) is 6.62. The molecule has 0 aliphatic carbocycles. The van der Waals surface area contributed by atoms with Crippen LogP contribution in [-0.4, -0.2) is 12.1 Å². The highest BCUT2D eigenvalue weighted by molar-refractivity contribution is 5.59. The van der Waals surface area contributed by atoms with Gasteiger partial charge in [-0.3, -0.25) is 0 Å². The molecule has 0 spiro atoms. The molecule has 1 aromatic rings. The number of hydrogen-bond acceptors (Lipinski definition) is 3. The lowest BCUT2D eigenvalue weighted by Crippen LogP contribution is -2.43. The van der Waals surface area contributed by atoms with E-state index in [4.69, 9.17) is 11.0 Å². The first-order chi connectivity index (χ1) is 8.41. The number of anilines is 1. The first-order valence-corrected chi connectivity index (χ1v) is 6.08. The van der Waals surface area contributed by atoms with Crippen LogP contribution in [0.2, 0.25) is 0 Å². The van der Waals surface area contributed by atoms with E-state index in [1.165, 1.54) is 6.07 Å². The lowest BCUT2D eigenvalue weighted by molar-refractivity contribution is 0.407. The second kappa shape index (κ2) is 5.83. The predicted molar refractivity (Wildman–Crippen MR) is 71.7 cm³/mol. The maximum absolute atomic E-state index is 13.5. The Balaban J connectivity index is 3.02. The fraction of sp³-hybridized carbons (Fsp3) is 0.500.